The van der Waals surface area contributed by atoms with Crippen LogP contribution in [0.25, 0.3) is 0 Å². The average Bonchev–Trinajstić information content (AvgIpc) is 2.41. The van der Waals surface area contributed by atoms with Crippen LogP contribution in [-0.4, -0.2) is 40.1 Å². The Morgan fingerprint density at radius 2 is 1.84 bits per heavy atom. The summed E-state index contributed by atoms with van der Waals surface area (Å²) in [7, 11) is 0. The summed E-state index contributed by atoms with van der Waals surface area (Å²) >= 11 is 0. The maximum atomic E-state index is 12.3. The average molecular weight is 258 g/mol. The molecule has 0 spiro atoms. The number of hydrogen-bond acceptors (Lipinski definition) is 3. The SMILES string of the molecule is CC(=O)N1CC(=O)N2Cc3ccccc3CC2C1=O. The summed E-state index contributed by atoms with van der Waals surface area (Å²) in [5.41, 5.74) is 2.16. The number of benzene rings is 1. The first-order chi connectivity index (χ1) is 9.08. The third-order valence-corrected chi connectivity index (χ3v) is 3.79. The van der Waals surface area contributed by atoms with Crippen molar-refractivity contribution in [2.24, 2.45) is 0 Å². The van der Waals surface area contributed by atoms with E-state index in [0.717, 1.165) is 16.0 Å². The smallest absolute Gasteiger partial charge is 0.252 e. The summed E-state index contributed by atoms with van der Waals surface area (Å²) in [4.78, 5) is 38.4. The third kappa shape index (κ3) is 1.82. The highest BCUT2D eigenvalue weighted by molar-refractivity contribution is 6.04. The molecule has 3 amide bonds. The highest BCUT2D eigenvalue weighted by atomic mass is 16.2. The Morgan fingerprint density at radius 1 is 1.16 bits per heavy atom. The van der Waals surface area contributed by atoms with Crippen molar-refractivity contribution >= 4 is 17.7 Å². The number of nitrogens with zero attached hydrogens (tertiary/aromatic N) is 2. The standard InChI is InChI=1S/C14H14N2O3/c1-9(17)15-8-13(18)16-7-11-5-3-2-4-10(11)6-12(16)14(15)19/h2-5,12H,6-8H2,1H3. The monoisotopic (exact) mass is 258 g/mol. The molecule has 0 saturated carbocycles. The molecule has 1 fully saturated rings. The van der Waals surface area contributed by atoms with Gasteiger partial charge in [-0.25, -0.2) is 0 Å². The van der Waals surface area contributed by atoms with Gasteiger partial charge in [-0.05, 0) is 11.1 Å². The molecule has 19 heavy (non-hydrogen) atoms. The molecule has 0 aliphatic carbocycles. The maximum Gasteiger partial charge on any atom is 0.252 e. The molecule has 5 nitrogen and oxygen atoms in total. The van der Waals surface area contributed by atoms with E-state index in [1.54, 1.807) is 4.90 Å². The predicted octanol–water partition coefficient (Wildman–Crippen LogP) is 0.329. The minimum absolute atomic E-state index is 0.132. The van der Waals surface area contributed by atoms with Crippen molar-refractivity contribution in [2.75, 3.05) is 6.54 Å². The van der Waals surface area contributed by atoms with E-state index in [-0.39, 0.29) is 24.3 Å². The second-order valence-electron chi connectivity index (χ2n) is 4.95. The van der Waals surface area contributed by atoms with Gasteiger partial charge in [-0.15, -0.1) is 0 Å². The molecule has 3 rings (SSSR count). The molecule has 1 atom stereocenters. The van der Waals surface area contributed by atoms with Crippen LogP contribution in [0.15, 0.2) is 24.3 Å². The predicted molar refractivity (Wildman–Crippen MR) is 66.9 cm³/mol. The lowest BCUT2D eigenvalue weighted by Gasteiger charge is -2.42. The lowest BCUT2D eigenvalue weighted by Crippen LogP contribution is -2.62. The molecule has 0 N–H and O–H groups in total. The van der Waals surface area contributed by atoms with Crippen molar-refractivity contribution < 1.29 is 14.4 Å². The molecule has 1 aromatic rings. The van der Waals surface area contributed by atoms with Crippen LogP contribution in [-0.2, 0) is 27.3 Å². The normalized spacial score (nSPS) is 22.1. The summed E-state index contributed by atoms with van der Waals surface area (Å²) in [6, 6.07) is 7.27. The molecular weight excluding hydrogens is 244 g/mol. The zero-order chi connectivity index (χ0) is 13.6. The van der Waals surface area contributed by atoms with Crippen LogP contribution in [0.4, 0.5) is 0 Å². The van der Waals surface area contributed by atoms with Gasteiger partial charge in [-0.3, -0.25) is 19.3 Å². The molecule has 98 valence electrons. The first-order valence-corrected chi connectivity index (χ1v) is 6.26. The number of imide groups is 1. The molecule has 0 bridgehead atoms. The van der Waals surface area contributed by atoms with Gasteiger partial charge in [0.15, 0.2) is 0 Å². The zero-order valence-corrected chi connectivity index (χ0v) is 10.6. The Labute approximate surface area is 110 Å². The summed E-state index contributed by atoms with van der Waals surface area (Å²) in [5.74, 6) is -0.784. The quantitative estimate of drug-likeness (QED) is 0.673. The molecule has 5 heteroatoms. The first kappa shape index (κ1) is 11.9. The van der Waals surface area contributed by atoms with Gasteiger partial charge in [0.1, 0.15) is 12.6 Å². The van der Waals surface area contributed by atoms with E-state index in [4.69, 9.17) is 0 Å². The summed E-state index contributed by atoms with van der Waals surface area (Å²) in [6.45, 7) is 1.64. The number of rotatable bonds is 0. The van der Waals surface area contributed by atoms with Crippen LogP contribution in [0.1, 0.15) is 18.1 Å². The number of carbonyl (C=O) groups is 3. The molecule has 2 aliphatic heterocycles. The van der Waals surface area contributed by atoms with E-state index < -0.39 is 6.04 Å². The Bertz CT molecular complexity index is 582. The Morgan fingerprint density at radius 3 is 2.53 bits per heavy atom. The van der Waals surface area contributed by atoms with Crippen molar-refractivity contribution in [1.82, 2.24) is 9.80 Å². The van der Waals surface area contributed by atoms with Gasteiger partial charge in [-0.2, -0.15) is 0 Å². The molecule has 1 saturated heterocycles. The third-order valence-electron chi connectivity index (χ3n) is 3.79. The highest BCUT2D eigenvalue weighted by Crippen LogP contribution is 2.27. The van der Waals surface area contributed by atoms with Crippen molar-refractivity contribution in [1.29, 1.82) is 0 Å². The second kappa shape index (κ2) is 4.19. The molecule has 1 aromatic carbocycles. The number of hydrogen-bond donors (Lipinski definition) is 0. The van der Waals surface area contributed by atoms with Crippen molar-refractivity contribution in [2.45, 2.75) is 25.9 Å². The number of carbonyl (C=O) groups excluding carboxylic acids is 3. The van der Waals surface area contributed by atoms with Crippen LogP contribution < -0.4 is 0 Å². The Balaban J connectivity index is 1.97. The second-order valence-corrected chi connectivity index (χ2v) is 4.95. The van der Waals surface area contributed by atoms with Crippen molar-refractivity contribution in [3.8, 4) is 0 Å². The van der Waals surface area contributed by atoms with Crippen molar-refractivity contribution in [3.63, 3.8) is 0 Å². The minimum atomic E-state index is -0.528. The van der Waals surface area contributed by atoms with E-state index in [1.165, 1.54) is 6.92 Å². The summed E-state index contributed by atoms with van der Waals surface area (Å²) < 4.78 is 0. The highest BCUT2D eigenvalue weighted by Gasteiger charge is 2.43. The summed E-state index contributed by atoms with van der Waals surface area (Å²) in [6.07, 6.45) is 0.491. The first-order valence-electron chi connectivity index (χ1n) is 6.26. The number of amides is 3. The van der Waals surface area contributed by atoms with Crippen LogP contribution in [0.3, 0.4) is 0 Å². The van der Waals surface area contributed by atoms with E-state index in [0.29, 0.717) is 13.0 Å². The van der Waals surface area contributed by atoms with Gasteiger partial charge in [0.25, 0.3) is 5.91 Å². The van der Waals surface area contributed by atoms with E-state index in [2.05, 4.69) is 0 Å². The number of piperazine rings is 1. The zero-order valence-electron chi connectivity index (χ0n) is 10.6. The lowest BCUT2D eigenvalue weighted by molar-refractivity contribution is -0.162. The summed E-state index contributed by atoms with van der Waals surface area (Å²) in [5, 5.41) is 0. The van der Waals surface area contributed by atoms with Crippen LogP contribution >= 0.6 is 0 Å². The van der Waals surface area contributed by atoms with Gasteiger partial charge in [0, 0.05) is 19.9 Å². The van der Waals surface area contributed by atoms with Crippen LogP contribution in [0, 0.1) is 0 Å². The lowest BCUT2D eigenvalue weighted by atomic mass is 9.91. The van der Waals surface area contributed by atoms with Gasteiger partial charge < -0.3 is 4.90 Å². The number of fused-ring (bicyclic) bond motifs is 2. The molecule has 0 aromatic heterocycles. The van der Waals surface area contributed by atoms with E-state index >= 15 is 0 Å². The molecule has 0 radical (unpaired) electrons. The molecule has 1 unspecified atom stereocenters. The van der Waals surface area contributed by atoms with Gasteiger partial charge in [0.2, 0.25) is 11.8 Å². The van der Waals surface area contributed by atoms with E-state index in [9.17, 15) is 14.4 Å². The fourth-order valence-corrected chi connectivity index (χ4v) is 2.76. The fourth-order valence-electron chi connectivity index (χ4n) is 2.76. The maximum absolute atomic E-state index is 12.3. The molecular formula is C14H14N2O3. The minimum Gasteiger partial charge on any atom is -0.324 e. The van der Waals surface area contributed by atoms with Gasteiger partial charge in [-0.1, -0.05) is 24.3 Å². The van der Waals surface area contributed by atoms with E-state index in [1.807, 2.05) is 24.3 Å². The Kier molecular flexibility index (Phi) is 2.62. The van der Waals surface area contributed by atoms with Crippen LogP contribution in [0.5, 0.6) is 0 Å². The Hall–Kier alpha value is -2.17. The van der Waals surface area contributed by atoms with Crippen LogP contribution in [0.2, 0.25) is 0 Å². The molecule has 2 heterocycles. The van der Waals surface area contributed by atoms with Gasteiger partial charge in [0.05, 0.1) is 0 Å². The molecule has 2 aliphatic rings. The fraction of sp³-hybridized carbons (Fsp3) is 0.357. The van der Waals surface area contributed by atoms with Gasteiger partial charge >= 0.3 is 0 Å². The largest absolute Gasteiger partial charge is 0.324 e. The topological polar surface area (TPSA) is 57.7 Å². The van der Waals surface area contributed by atoms with Crippen molar-refractivity contribution in [3.05, 3.63) is 35.4 Å².